The maximum absolute atomic E-state index is 13.9. The zero-order valence-corrected chi connectivity index (χ0v) is 21.5. The molecular weight excluding hydrogens is 514 g/mol. The van der Waals surface area contributed by atoms with E-state index in [9.17, 15) is 20.1 Å². The summed E-state index contributed by atoms with van der Waals surface area (Å²) in [5.41, 5.74) is 5.58. The van der Waals surface area contributed by atoms with Crippen molar-refractivity contribution in [2.24, 2.45) is 0 Å². The Bertz CT molecular complexity index is 1730. The van der Waals surface area contributed by atoms with E-state index in [0.29, 0.717) is 29.1 Å². The largest absolute Gasteiger partial charge is 0.508 e. The molecule has 0 saturated heterocycles. The molecule has 0 bridgehead atoms. The van der Waals surface area contributed by atoms with E-state index in [1.54, 1.807) is 23.4 Å². The van der Waals surface area contributed by atoms with Crippen LogP contribution in [0, 0.1) is 0 Å². The van der Waals surface area contributed by atoms with E-state index < -0.39 is 0 Å². The number of rotatable bonds is 4. The van der Waals surface area contributed by atoms with Gasteiger partial charge < -0.3 is 20.2 Å². The number of hydrogen-bond donors (Lipinski definition) is 3. The second-order valence-electron chi connectivity index (χ2n) is 9.55. The van der Waals surface area contributed by atoms with Gasteiger partial charge in [-0.25, -0.2) is 4.98 Å². The Morgan fingerprint density at radius 2 is 1.90 bits per heavy atom. The molecule has 5 aromatic rings. The summed E-state index contributed by atoms with van der Waals surface area (Å²) < 4.78 is 0. The molecular formula is C31H24ClN3O4. The smallest absolute Gasteiger partial charge is 0.262 e. The van der Waals surface area contributed by atoms with E-state index >= 15 is 0 Å². The fraction of sp³-hybridized carbons (Fsp3) is 0.129. The Labute approximate surface area is 229 Å². The van der Waals surface area contributed by atoms with Crippen LogP contribution in [0.2, 0.25) is 5.02 Å². The highest BCUT2D eigenvalue weighted by molar-refractivity contribution is 6.31. The standard InChI is InChI=1S/C31H24ClN3O4/c32-23-5-8-26-21(14-23)13-22(17-36)30(34-26)19-4-10-27-18(12-19)3-9-28(20-2-1-11-33-16-20)35(27)31(39)25-7-6-24(37)15-29(25)38/h1-2,4-8,10-16,28,36-38H,3,9,17H2. The average molecular weight is 538 g/mol. The highest BCUT2D eigenvalue weighted by Gasteiger charge is 2.34. The maximum Gasteiger partial charge on any atom is 0.262 e. The molecule has 1 unspecified atom stereocenters. The summed E-state index contributed by atoms with van der Waals surface area (Å²) in [6, 6.07) is 20.6. The van der Waals surface area contributed by atoms with Crippen molar-refractivity contribution in [1.82, 2.24) is 9.97 Å². The summed E-state index contributed by atoms with van der Waals surface area (Å²) in [5.74, 6) is -0.796. The quantitative estimate of drug-likeness (QED) is 0.252. The van der Waals surface area contributed by atoms with Crippen molar-refractivity contribution in [3.8, 4) is 22.8 Å². The van der Waals surface area contributed by atoms with Gasteiger partial charge in [0.05, 0.1) is 29.4 Å². The third-order valence-electron chi connectivity index (χ3n) is 7.14. The molecule has 8 heteroatoms. The fourth-order valence-corrected chi connectivity index (χ4v) is 5.47. The molecule has 7 nitrogen and oxygen atoms in total. The molecule has 39 heavy (non-hydrogen) atoms. The van der Waals surface area contributed by atoms with Crippen molar-refractivity contribution >= 4 is 34.1 Å². The SMILES string of the molecule is O=C(c1ccc(O)cc1O)N1c2ccc(-c3nc4ccc(Cl)cc4cc3CO)cc2CCC1c1cccnc1. The van der Waals surface area contributed by atoms with Crippen LogP contribution in [0.5, 0.6) is 11.5 Å². The first-order valence-corrected chi connectivity index (χ1v) is 12.9. The minimum absolute atomic E-state index is 0.0936. The molecule has 194 valence electrons. The van der Waals surface area contributed by atoms with Gasteiger partial charge in [0.2, 0.25) is 0 Å². The number of carbonyl (C=O) groups excluding carboxylic acids is 1. The van der Waals surface area contributed by atoms with Crippen molar-refractivity contribution in [2.75, 3.05) is 4.90 Å². The van der Waals surface area contributed by atoms with E-state index in [1.807, 2.05) is 48.5 Å². The number of aromatic hydroxyl groups is 2. The van der Waals surface area contributed by atoms with Gasteiger partial charge in [0.15, 0.2) is 0 Å². The van der Waals surface area contributed by atoms with Crippen LogP contribution in [0.1, 0.15) is 39.5 Å². The molecule has 3 N–H and O–H groups in total. The molecule has 0 radical (unpaired) electrons. The fourth-order valence-electron chi connectivity index (χ4n) is 5.29. The molecule has 6 rings (SSSR count). The monoisotopic (exact) mass is 537 g/mol. The molecule has 0 aliphatic carbocycles. The van der Waals surface area contributed by atoms with Gasteiger partial charge in [-0.05, 0) is 78.6 Å². The molecule has 1 aliphatic heterocycles. The van der Waals surface area contributed by atoms with Crippen molar-refractivity contribution in [3.05, 3.63) is 112 Å². The van der Waals surface area contributed by atoms with Crippen LogP contribution in [0.15, 0.2) is 85.2 Å². The molecule has 2 aromatic heterocycles. The lowest BCUT2D eigenvalue weighted by atomic mass is 9.89. The number of aryl methyl sites for hydroxylation is 1. The lowest BCUT2D eigenvalue weighted by Gasteiger charge is -2.38. The summed E-state index contributed by atoms with van der Waals surface area (Å²) >= 11 is 6.15. The first-order chi connectivity index (χ1) is 18.9. The summed E-state index contributed by atoms with van der Waals surface area (Å²) in [6.45, 7) is -0.185. The van der Waals surface area contributed by atoms with E-state index in [-0.39, 0.29) is 35.6 Å². The number of nitrogens with zero attached hydrogens (tertiary/aromatic N) is 3. The molecule has 0 fully saturated rings. The Kier molecular flexibility index (Phi) is 6.38. The zero-order chi connectivity index (χ0) is 27.1. The van der Waals surface area contributed by atoms with E-state index in [0.717, 1.165) is 39.3 Å². The van der Waals surface area contributed by atoms with Gasteiger partial charge in [-0.15, -0.1) is 0 Å². The lowest BCUT2D eigenvalue weighted by Crippen LogP contribution is -2.38. The van der Waals surface area contributed by atoms with Crippen LogP contribution in [0.3, 0.4) is 0 Å². The van der Waals surface area contributed by atoms with Crippen molar-refractivity contribution in [2.45, 2.75) is 25.5 Å². The van der Waals surface area contributed by atoms with Gasteiger partial charge in [-0.1, -0.05) is 23.7 Å². The Hall–Kier alpha value is -4.46. The van der Waals surface area contributed by atoms with Crippen LogP contribution in [0.4, 0.5) is 5.69 Å². The minimum Gasteiger partial charge on any atom is -0.508 e. The van der Waals surface area contributed by atoms with Crippen molar-refractivity contribution in [3.63, 3.8) is 0 Å². The average Bonchev–Trinajstić information content (AvgIpc) is 2.95. The third-order valence-corrected chi connectivity index (χ3v) is 7.37. The van der Waals surface area contributed by atoms with Crippen LogP contribution in [0.25, 0.3) is 22.2 Å². The number of carbonyl (C=O) groups is 1. The first kappa shape index (κ1) is 24.9. The highest BCUT2D eigenvalue weighted by atomic mass is 35.5. The van der Waals surface area contributed by atoms with Gasteiger partial charge in [-0.2, -0.15) is 0 Å². The maximum atomic E-state index is 13.9. The normalized spacial score (nSPS) is 14.8. The van der Waals surface area contributed by atoms with Crippen molar-refractivity contribution < 1.29 is 20.1 Å². The Morgan fingerprint density at radius 3 is 2.67 bits per heavy atom. The van der Waals surface area contributed by atoms with Gasteiger partial charge >= 0.3 is 0 Å². The Morgan fingerprint density at radius 1 is 1.03 bits per heavy atom. The van der Waals surface area contributed by atoms with E-state index in [4.69, 9.17) is 16.6 Å². The number of amides is 1. The number of aliphatic hydroxyl groups excluding tert-OH is 1. The number of fused-ring (bicyclic) bond motifs is 2. The molecule has 0 spiro atoms. The summed E-state index contributed by atoms with van der Waals surface area (Å²) in [5, 5.41) is 31.8. The number of anilines is 1. The number of aliphatic hydroxyl groups is 1. The predicted molar refractivity (Wildman–Crippen MR) is 150 cm³/mol. The second kappa shape index (κ2) is 10.0. The summed E-state index contributed by atoms with van der Waals surface area (Å²) in [7, 11) is 0. The third kappa shape index (κ3) is 4.56. The summed E-state index contributed by atoms with van der Waals surface area (Å²) in [4.78, 5) is 24.7. The van der Waals surface area contributed by atoms with Gasteiger partial charge in [0.1, 0.15) is 11.5 Å². The number of halogens is 1. The number of phenolic OH excluding ortho intramolecular Hbond substituents is 2. The minimum atomic E-state index is -0.383. The number of phenols is 2. The molecule has 1 amide bonds. The van der Waals surface area contributed by atoms with E-state index in [1.165, 1.54) is 12.1 Å². The molecule has 3 heterocycles. The first-order valence-electron chi connectivity index (χ1n) is 12.5. The molecule has 3 aromatic carbocycles. The predicted octanol–water partition coefficient (Wildman–Crippen LogP) is 6.19. The topological polar surface area (TPSA) is 107 Å². The van der Waals surface area contributed by atoms with Gasteiger partial charge in [0, 0.05) is 45.7 Å². The van der Waals surface area contributed by atoms with E-state index in [2.05, 4.69) is 4.98 Å². The molecule has 0 saturated carbocycles. The molecule has 1 aliphatic rings. The van der Waals surface area contributed by atoms with Crippen LogP contribution >= 0.6 is 11.6 Å². The Balaban J connectivity index is 1.47. The highest BCUT2D eigenvalue weighted by Crippen LogP contribution is 2.42. The number of aromatic nitrogens is 2. The number of benzene rings is 3. The van der Waals surface area contributed by atoms with Crippen molar-refractivity contribution in [1.29, 1.82) is 0 Å². The van der Waals surface area contributed by atoms with Crippen LogP contribution in [-0.4, -0.2) is 31.2 Å². The second-order valence-corrected chi connectivity index (χ2v) is 9.99. The molecule has 1 atom stereocenters. The van der Waals surface area contributed by atoms with Gasteiger partial charge in [0.25, 0.3) is 5.91 Å². The number of pyridine rings is 2. The summed E-state index contributed by atoms with van der Waals surface area (Å²) in [6.07, 6.45) is 4.78. The lowest BCUT2D eigenvalue weighted by molar-refractivity contribution is 0.0970. The zero-order valence-electron chi connectivity index (χ0n) is 20.8. The number of hydrogen-bond acceptors (Lipinski definition) is 6. The van der Waals surface area contributed by atoms with Crippen LogP contribution < -0.4 is 4.90 Å². The van der Waals surface area contributed by atoms with Crippen LogP contribution in [-0.2, 0) is 13.0 Å². The van der Waals surface area contributed by atoms with Gasteiger partial charge in [-0.3, -0.25) is 9.78 Å².